The molecule has 0 aliphatic rings. The summed E-state index contributed by atoms with van der Waals surface area (Å²) >= 11 is 1.62. The number of nitrogens with zero attached hydrogens (tertiary/aromatic N) is 4. The van der Waals surface area contributed by atoms with Crippen LogP contribution in [-0.2, 0) is 0 Å². The lowest BCUT2D eigenvalue weighted by atomic mass is 9.99. The lowest BCUT2D eigenvalue weighted by Gasteiger charge is -2.11. The van der Waals surface area contributed by atoms with Gasteiger partial charge in [-0.05, 0) is 53.5 Å². The zero-order valence-electron chi connectivity index (χ0n) is 37.3. The molecular weight excluding hydrogens is 645 g/mol. The fourth-order valence-electron chi connectivity index (χ4n) is 6.83. The topological polar surface area (TPSA) is 56.7 Å². The maximum atomic E-state index is 9.59. The predicted octanol–water partition coefficient (Wildman–Crippen LogP) is 12.2. The summed E-state index contributed by atoms with van der Waals surface area (Å²) in [6.45, 7) is 0. The second-order valence-corrected chi connectivity index (χ2v) is 13.1. The molecule has 0 bridgehead atoms. The minimum absolute atomic E-state index is 0.00512. The van der Waals surface area contributed by atoms with Gasteiger partial charge < -0.3 is 4.42 Å². The van der Waals surface area contributed by atoms with E-state index in [-0.39, 0.29) is 62.3 Å². The highest BCUT2D eigenvalue weighted by Gasteiger charge is 2.20. The summed E-state index contributed by atoms with van der Waals surface area (Å²) in [4.78, 5) is 14.3. The number of benzene rings is 7. The van der Waals surface area contributed by atoms with E-state index in [1.54, 1.807) is 46.2 Å². The first-order valence-electron chi connectivity index (χ1n) is 21.5. The van der Waals surface area contributed by atoms with Crippen molar-refractivity contribution in [3.8, 4) is 39.9 Å². The summed E-state index contributed by atoms with van der Waals surface area (Å²) < 4.78 is 108. The number of furan rings is 1. The molecular formula is C45H26N4OS. The van der Waals surface area contributed by atoms with E-state index in [1.165, 1.54) is 0 Å². The average Bonchev–Trinajstić information content (AvgIpc) is 3.96. The van der Waals surface area contributed by atoms with E-state index in [0.29, 0.717) is 16.6 Å². The van der Waals surface area contributed by atoms with E-state index < -0.39 is 60.4 Å². The zero-order chi connectivity index (χ0) is 43.0. The van der Waals surface area contributed by atoms with Crippen LogP contribution in [0.1, 0.15) is 15.1 Å². The normalized spacial score (nSPS) is 14.9. The van der Waals surface area contributed by atoms with E-state index in [0.717, 1.165) is 30.9 Å². The molecule has 0 atom stereocenters. The van der Waals surface area contributed by atoms with Crippen LogP contribution in [0.5, 0.6) is 0 Å². The van der Waals surface area contributed by atoms with Crippen molar-refractivity contribution < 1.29 is 19.5 Å². The number of para-hydroxylation sites is 1. The number of aromatic nitrogens is 4. The second-order valence-electron chi connectivity index (χ2n) is 12.0. The van der Waals surface area contributed by atoms with Gasteiger partial charge in [-0.1, -0.05) is 115 Å². The molecule has 0 N–H and O–H groups in total. The van der Waals surface area contributed by atoms with E-state index in [9.17, 15) is 4.11 Å². The molecule has 51 heavy (non-hydrogen) atoms. The molecule has 0 saturated carbocycles. The lowest BCUT2D eigenvalue weighted by Crippen LogP contribution is -2.06. The predicted molar refractivity (Wildman–Crippen MR) is 211 cm³/mol. The third kappa shape index (κ3) is 4.37. The Balaban J connectivity index is 1.26. The van der Waals surface area contributed by atoms with Gasteiger partial charge in [0.15, 0.2) is 11.6 Å². The quantitative estimate of drug-likeness (QED) is 0.185. The average molecular weight is 682 g/mol. The molecule has 11 rings (SSSR count). The molecule has 5 nitrogen and oxygen atoms in total. The minimum atomic E-state index is -0.615. The van der Waals surface area contributed by atoms with Crippen LogP contribution < -0.4 is 0 Å². The van der Waals surface area contributed by atoms with Crippen LogP contribution in [0.25, 0.3) is 104 Å². The number of hydrogen-bond acceptors (Lipinski definition) is 5. The zero-order valence-corrected chi connectivity index (χ0v) is 27.1. The summed E-state index contributed by atoms with van der Waals surface area (Å²) in [7, 11) is 0. The van der Waals surface area contributed by atoms with E-state index >= 15 is 0 Å². The smallest absolute Gasteiger partial charge is 0.238 e. The van der Waals surface area contributed by atoms with Gasteiger partial charge in [0.05, 0.1) is 26.1 Å². The van der Waals surface area contributed by atoms with Gasteiger partial charge >= 0.3 is 0 Å². The Labute approximate surface area is 311 Å². The van der Waals surface area contributed by atoms with Crippen LogP contribution >= 0.6 is 11.3 Å². The molecule has 11 aromatic rings. The van der Waals surface area contributed by atoms with E-state index in [4.69, 9.17) is 25.4 Å². The van der Waals surface area contributed by atoms with Crippen molar-refractivity contribution in [3.05, 3.63) is 157 Å². The first kappa shape index (κ1) is 19.5. The van der Waals surface area contributed by atoms with Crippen molar-refractivity contribution in [3.63, 3.8) is 0 Å². The summed E-state index contributed by atoms with van der Waals surface area (Å²) in [5, 5.41) is 4.01. The van der Waals surface area contributed by atoms with Crippen molar-refractivity contribution in [2.45, 2.75) is 0 Å². The molecule has 7 aromatic carbocycles. The molecule has 0 radical (unpaired) electrons. The Kier molecular flexibility index (Phi) is 4.19. The van der Waals surface area contributed by atoms with E-state index in [2.05, 4.69) is 23.2 Å². The highest BCUT2D eigenvalue weighted by Crippen LogP contribution is 2.41. The molecule has 0 amide bonds. The maximum Gasteiger partial charge on any atom is 0.238 e. The first-order valence-corrected chi connectivity index (χ1v) is 16.9. The van der Waals surface area contributed by atoms with Gasteiger partial charge in [-0.3, -0.25) is 4.57 Å². The monoisotopic (exact) mass is 681 g/mol. The maximum absolute atomic E-state index is 9.59. The minimum Gasteiger partial charge on any atom is -0.456 e. The van der Waals surface area contributed by atoms with Crippen molar-refractivity contribution in [2.24, 2.45) is 0 Å². The van der Waals surface area contributed by atoms with Gasteiger partial charge in [0.25, 0.3) is 0 Å². The van der Waals surface area contributed by atoms with Crippen LogP contribution in [-0.4, -0.2) is 19.5 Å². The summed E-state index contributed by atoms with van der Waals surface area (Å²) in [6, 6.07) is 23.1. The van der Waals surface area contributed by atoms with Gasteiger partial charge in [0.1, 0.15) is 11.2 Å². The first-order chi connectivity index (χ1) is 29.8. The lowest BCUT2D eigenvalue weighted by molar-refractivity contribution is 0.669. The van der Waals surface area contributed by atoms with Gasteiger partial charge in [-0.15, -0.1) is 11.3 Å². The second kappa shape index (κ2) is 10.9. The van der Waals surface area contributed by atoms with Crippen LogP contribution in [0.2, 0.25) is 0 Å². The van der Waals surface area contributed by atoms with Crippen LogP contribution in [0.4, 0.5) is 0 Å². The molecule has 0 spiro atoms. The Hall–Kier alpha value is -6.63. The van der Waals surface area contributed by atoms with Crippen molar-refractivity contribution in [1.82, 2.24) is 19.5 Å². The number of thiophene rings is 1. The molecule has 4 heterocycles. The Morgan fingerprint density at radius 3 is 2.20 bits per heavy atom. The third-order valence-electron chi connectivity index (χ3n) is 9.08. The van der Waals surface area contributed by atoms with Crippen LogP contribution in [0.15, 0.2) is 162 Å². The molecule has 0 fully saturated rings. The Bertz CT molecular complexity index is 3760. The number of rotatable bonds is 4. The van der Waals surface area contributed by atoms with E-state index in [1.807, 2.05) is 42.5 Å². The Morgan fingerprint density at radius 2 is 1.31 bits per heavy atom. The molecule has 0 unspecified atom stereocenters. The molecule has 4 aromatic heterocycles. The Morgan fingerprint density at radius 1 is 0.529 bits per heavy atom. The standard InChI is InChI=1S/C45H26N4OS/c1-3-12-27(13-4-1)30-18-11-20-38-42(30)33-23-22-29(24-39(33)50-38)44-46-43(28-14-5-2-6-15-28)47-45(48-44)49-36-19-9-7-16-31(36)34-25-35-32-17-8-10-21-40(32)51-41(35)26-37(34)49/h1-26H/i2D,5D,6D,11D,14D,15D,18D,20D,22D,23D,24D. The van der Waals surface area contributed by atoms with Gasteiger partial charge in [-0.2, -0.15) is 9.97 Å². The fraction of sp³-hybridized carbons (Fsp3) is 0. The van der Waals surface area contributed by atoms with Crippen LogP contribution in [0, 0.1) is 0 Å². The van der Waals surface area contributed by atoms with Gasteiger partial charge in [0, 0.05) is 52.8 Å². The van der Waals surface area contributed by atoms with Crippen molar-refractivity contribution in [2.75, 3.05) is 0 Å². The number of fused-ring (bicyclic) bond motifs is 9. The summed E-state index contributed by atoms with van der Waals surface area (Å²) in [5.41, 5.74) is 1.14. The highest BCUT2D eigenvalue weighted by atomic mass is 32.1. The molecule has 238 valence electrons. The SMILES string of the molecule is [2H]c1c([2H])c([2H])c(-c2nc(-c3c([2H])c([2H])c4c(oc5c([2H])c([2H])c([2H])c(-c6ccccc6)c54)c3[2H])nc(-n3c4ccccc4c4cc5c(cc43)sc3ccccc35)n2)c([2H])c1[2H]. The van der Waals surface area contributed by atoms with Crippen molar-refractivity contribution in [1.29, 1.82) is 0 Å². The largest absolute Gasteiger partial charge is 0.456 e. The molecule has 0 aliphatic carbocycles. The fourth-order valence-corrected chi connectivity index (χ4v) is 7.95. The van der Waals surface area contributed by atoms with Crippen LogP contribution in [0.3, 0.4) is 0 Å². The molecule has 0 saturated heterocycles. The van der Waals surface area contributed by atoms with Gasteiger partial charge in [0.2, 0.25) is 5.95 Å². The summed E-state index contributed by atoms with van der Waals surface area (Å²) in [6.07, 6.45) is 0. The number of hydrogen-bond donors (Lipinski definition) is 0. The molecule has 6 heteroatoms. The third-order valence-corrected chi connectivity index (χ3v) is 10.2. The summed E-state index contributed by atoms with van der Waals surface area (Å²) in [5.74, 6) is -0.687. The van der Waals surface area contributed by atoms with Gasteiger partial charge in [-0.25, -0.2) is 4.98 Å². The highest BCUT2D eigenvalue weighted by molar-refractivity contribution is 7.25. The molecule has 0 aliphatic heterocycles. The van der Waals surface area contributed by atoms with Crippen molar-refractivity contribution >= 4 is 75.3 Å².